The number of carbonyl (C=O) groups excluding carboxylic acids is 1. The first-order valence-corrected chi connectivity index (χ1v) is 8.12. The van der Waals surface area contributed by atoms with E-state index in [1.165, 1.54) is 11.3 Å². The number of aryl methyl sites for hydroxylation is 1. The smallest absolute Gasteiger partial charge is 0.322 e. The van der Waals surface area contributed by atoms with E-state index in [1.807, 2.05) is 37.3 Å². The van der Waals surface area contributed by atoms with Gasteiger partial charge >= 0.3 is 6.01 Å². The molecular formula is C17H12N4O2S. The van der Waals surface area contributed by atoms with Crippen LogP contribution in [0.1, 0.15) is 15.9 Å². The Bertz CT molecular complexity index is 1040. The summed E-state index contributed by atoms with van der Waals surface area (Å²) in [5.74, 6) is 0.0663. The van der Waals surface area contributed by atoms with Crippen molar-refractivity contribution in [2.75, 3.05) is 5.32 Å². The molecule has 4 aromatic rings. The lowest BCUT2D eigenvalue weighted by Crippen LogP contribution is -2.11. The molecule has 0 saturated heterocycles. The zero-order chi connectivity index (χ0) is 16.5. The normalized spacial score (nSPS) is 10.9. The second-order valence-corrected chi connectivity index (χ2v) is 6.16. The number of aromatic nitrogens is 3. The molecular weight excluding hydrogens is 324 g/mol. The van der Waals surface area contributed by atoms with Gasteiger partial charge in [-0.25, -0.2) is 4.98 Å². The molecule has 0 bridgehead atoms. The molecule has 1 amide bonds. The van der Waals surface area contributed by atoms with Crippen molar-refractivity contribution in [2.45, 2.75) is 6.92 Å². The Kier molecular flexibility index (Phi) is 3.55. The van der Waals surface area contributed by atoms with Crippen LogP contribution in [0.5, 0.6) is 0 Å². The highest BCUT2D eigenvalue weighted by Crippen LogP contribution is 2.22. The van der Waals surface area contributed by atoms with Crippen LogP contribution in [0.3, 0.4) is 0 Å². The Morgan fingerprint density at radius 3 is 2.96 bits per heavy atom. The molecule has 2 aromatic carbocycles. The molecule has 2 aromatic heterocycles. The second-order valence-electron chi connectivity index (χ2n) is 5.27. The highest BCUT2D eigenvalue weighted by atomic mass is 32.1. The Morgan fingerprint density at radius 1 is 1.17 bits per heavy atom. The molecule has 0 aliphatic carbocycles. The molecule has 4 rings (SSSR count). The number of hydrogen-bond acceptors (Lipinski definition) is 6. The maximum atomic E-state index is 12.3. The number of fused-ring (bicyclic) bond motifs is 1. The number of thiazole rings is 1. The van der Waals surface area contributed by atoms with Crippen LogP contribution in [0.2, 0.25) is 0 Å². The average molecular weight is 336 g/mol. The van der Waals surface area contributed by atoms with Crippen molar-refractivity contribution < 1.29 is 9.21 Å². The van der Waals surface area contributed by atoms with Crippen molar-refractivity contribution in [1.29, 1.82) is 0 Å². The summed E-state index contributed by atoms with van der Waals surface area (Å²) in [4.78, 5) is 16.5. The van der Waals surface area contributed by atoms with Crippen molar-refractivity contribution in [3.8, 4) is 11.5 Å². The van der Waals surface area contributed by atoms with Gasteiger partial charge in [0.05, 0.1) is 15.7 Å². The quantitative estimate of drug-likeness (QED) is 0.613. The van der Waals surface area contributed by atoms with E-state index >= 15 is 0 Å². The summed E-state index contributed by atoms with van der Waals surface area (Å²) >= 11 is 1.49. The van der Waals surface area contributed by atoms with Gasteiger partial charge in [0.15, 0.2) is 0 Å². The third-order valence-electron chi connectivity index (χ3n) is 3.50. The largest absolute Gasteiger partial charge is 0.403 e. The predicted octanol–water partition coefficient (Wildman–Crippen LogP) is 3.91. The first kappa shape index (κ1) is 14.5. The van der Waals surface area contributed by atoms with Crippen molar-refractivity contribution in [2.24, 2.45) is 0 Å². The topological polar surface area (TPSA) is 80.9 Å². The highest BCUT2D eigenvalue weighted by Gasteiger charge is 2.13. The van der Waals surface area contributed by atoms with E-state index in [0.717, 1.165) is 21.3 Å². The van der Waals surface area contributed by atoms with E-state index in [1.54, 1.807) is 17.6 Å². The molecule has 6 nitrogen and oxygen atoms in total. The van der Waals surface area contributed by atoms with Crippen LogP contribution in [0.15, 0.2) is 52.4 Å². The molecule has 7 heteroatoms. The Morgan fingerprint density at radius 2 is 2.08 bits per heavy atom. The number of anilines is 1. The van der Waals surface area contributed by atoms with Crippen molar-refractivity contribution in [3.05, 3.63) is 59.1 Å². The lowest BCUT2D eigenvalue weighted by molar-refractivity contribution is 0.102. The Hall–Kier alpha value is -3.06. The van der Waals surface area contributed by atoms with Gasteiger partial charge in [-0.15, -0.1) is 16.4 Å². The molecule has 0 aliphatic heterocycles. The molecule has 118 valence electrons. The lowest BCUT2D eigenvalue weighted by Gasteiger charge is -2.00. The highest BCUT2D eigenvalue weighted by molar-refractivity contribution is 7.16. The maximum absolute atomic E-state index is 12.3. The molecule has 0 unspecified atom stereocenters. The molecule has 2 heterocycles. The van der Waals surface area contributed by atoms with E-state index in [2.05, 4.69) is 20.5 Å². The molecule has 1 N–H and O–H groups in total. The minimum absolute atomic E-state index is 0.0703. The summed E-state index contributed by atoms with van der Waals surface area (Å²) in [5, 5.41) is 10.5. The lowest BCUT2D eigenvalue weighted by atomic mass is 10.1. The molecule has 0 aliphatic rings. The van der Waals surface area contributed by atoms with Gasteiger partial charge < -0.3 is 4.42 Å². The summed E-state index contributed by atoms with van der Waals surface area (Å²) in [7, 11) is 0. The van der Waals surface area contributed by atoms with Gasteiger partial charge in [-0.1, -0.05) is 22.8 Å². The minimum atomic E-state index is -0.301. The Balaban J connectivity index is 1.56. The molecule has 0 radical (unpaired) electrons. The molecule has 24 heavy (non-hydrogen) atoms. The number of benzene rings is 2. The summed E-state index contributed by atoms with van der Waals surface area (Å²) in [5.41, 5.74) is 5.04. The van der Waals surface area contributed by atoms with Crippen LogP contribution in [0, 0.1) is 6.92 Å². The van der Waals surface area contributed by atoms with Gasteiger partial charge in [0.1, 0.15) is 0 Å². The fourth-order valence-corrected chi connectivity index (χ4v) is 3.05. The first-order valence-electron chi connectivity index (χ1n) is 7.24. The standard InChI is InChI=1S/C17H12N4O2S/c1-10-3-2-4-12(7-10)16-20-21-17(23-16)19-15(22)11-5-6-13-14(8-11)24-9-18-13/h2-9H,1H3,(H,19,21,22). The van der Waals surface area contributed by atoms with E-state index in [0.29, 0.717) is 11.5 Å². The number of carbonyl (C=O) groups is 1. The zero-order valence-electron chi connectivity index (χ0n) is 12.7. The van der Waals surface area contributed by atoms with Gasteiger partial charge in [-0.05, 0) is 37.3 Å². The van der Waals surface area contributed by atoms with E-state index in [9.17, 15) is 4.79 Å². The fraction of sp³-hybridized carbons (Fsp3) is 0.0588. The van der Waals surface area contributed by atoms with Crippen LogP contribution in [-0.2, 0) is 0 Å². The van der Waals surface area contributed by atoms with Gasteiger partial charge in [0, 0.05) is 11.1 Å². The zero-order valence-corrected chi connectivity index (χ0v) is 13.5. The van der Waals surface area contributed by atoms with E-state index < -0.39 is 0 Å². The number of nitrogens with zero attached hydrogens (tertiary/aromatic N) is 3. The third-order valence-corrected chi connectivity index (χ3v) is 4.30. The summed E-state index contributed by atoms with van der Waals surface area (Å²) in [6.45, 7) is 1.98. The molecule has 0 fully saturated rings. The van der Waals surface area contributed by atoms with Gasteiger partial charge in [0.2, 0.25) is 5.89 Å². The van der Waals surface area contributed by atoms with Crippen molar-refractivity contribution in [1.82, 2.24) is 15.2 Å². The van der Waals surface area contributed by atoms with Crippen LogP contribution < -0.4 is 5.32 Å². The molecule has 0 spiro atoms. The number of hydrogen-bond donors (Lipinski definition) is 1. The average Bonchev–Trinajstić information content (AvgIpc) is 3.23. The fourth-order valence-electron chi connectivity index (χ4n) is 2.33. The predicted molar refractivity (Wildman–Crippen MR) is 92.0 cm³/mol. The minimum Gasteiger partial charge on any atom is -0.403 e. The summed E-state index contributed by atoms with van der Waals surface area (Å²) < 4.78 is 6.48. The van der Waals surface area contributed by atoms with Crippen LogP contribution >= 0.6 is 11.3 Å². The van der Waals surface area contributed by atoms with Gasteiger partial charge in [-0.3, -0.25) is 10.1 Å². The molecule has 0 atom stereocenters. The number of amides is 1. The molecule has 0 saturated carbocycles. The monoisotopic (exact) mass is 336 g/mol. The number of nitrogens with one attached hydrogen (secondary N) is 1. The van der Waals surface area contributed by atoms with E-state index in [4.69, 9.17) is 4.42 Å². The van der Waals surface area contributed by atoms with Gasteiger partial charge in [-0.2, -0.15) is 0 Å². The first-order chi connectivity index (χ1) is 11.7. The van der Waals surface area contributed by atoms with Gasteiger partial charge in [0.25, 0.3) is 5.91 Å². The van der Waals surface area contributed by atoms with Crippen molar-refractivity contribution in [3.63, 3.8) is 0 Å². The van der Waals surface area contributed by atoms with Crippen LogP contribution in [0.25, 0.3) is 21.7 Å². The second kappa shape index (κ2) is 5.86. The maximum Gasteiger partial charge on any atom is 0.322 e. The van der Waals surface area contributed by atoms with Crippen LogP contribution in [-0.4, -0.2) is 21.1 Å². The van der Waals surface area contributed by atoms with E-state index in [-0.39, 0.29) is 11.9 Å². The Labute approximate surface area is 141 Å². The number of rotatable bonds is 3. The van der Waals surface area contributed by atoms with Crippen LogP contribution in [0.4, 0.5) is 6.01 Å². The van der Waals surface area contributed by atoms with Crippen molar-refractivity contribution >= 4 is 33.5 Å². The third kappa shape index (κ3) is 2.77. The SMILES string of the molecule is Cc1cccc(-c2nnc(NC(=O)c3ccc4ncsc4c3)o2)c1. The summed E-state index contributed by atoms with van der Waals surface area (Å²) in [6.07, 6.45) is 0. The summed E-state index contributed by atoms with van der Waals surface area (Å²) in [6, 6.07) is 13.1.